The molecule has 8 heteroatoms. The summed E-state index contributed by atoms with van der Waals surface area (Å²) in [6.45, 7) is 1.53. The summed E-state index contributed by atoms with van der Waals surface area (Å²) in [5, 5.41) is 14.0. The van der Waals surface area contributed by atoms with Crippen molar-refractivity contribution in [1.29, 1.82) is 0 Å². The number of hydrogen-bond donors (Lipinski definition) is 0. The van der Waals surface area contributed by atoms with Crippen molar-refractivity contribution in [3.8, 4) is 0 Å². The summed E-state index contributed by atoms with van der Waals surface area (Å²) in [6.07, 6.45) is 1.12. The van der Waals surface area contributed by atoms with Crippen LogP contribution in [0.4, 0.5) is 10.3 Å². The number of nitrogens with zero attached hydrogens (tertiary/aromatic N) is 4. The Balaban J connectivity index is 2.22. The van der Waals surface area contributed by atoms with Gasteiger partial charge in [0.05, 0.1) is 0 Å². The molecule has 0 saturated heterocycles. The molecule has 0 fully saturated rings. The maximum Gasteiger partial charge on any atom is 0.490 e. The van der Waals surface area contributed by atoms with Crippen LogP contribution in [-0.2, 0) is 0 Å². The quantitative estimate of drug-likeness (QED) is 0.476. The van der Waals surface area contributed by atoms with Crippen molar-refractivity contribution in [1.82, 2.24) is 14.8 Å². The summed E-state index contributed by atoms with van der Waals surface area (Å²) in [5.41, 5.74) is 0.298. The monoisotopic (exact) mass is 264 g/mol. The Morgan fingerprint density at radius 3 is 2.58 bits per heavy atom. The van der Waals surface area contributed by atoms with E-state index in [9.17, 15) is 19.3 Å². The van der Waals surface area contributed by atoms with Gasteiger partial charge in [0, 0.05) is 10.7 Å². The molecule has 0 N–H and O–H groups in total. The van der Waals surface area contributed by atoms with E-state index < -0.39 is 22.7 Å². The van der Waals surface area contributed by atoms with Crippen molar-refractivity contribution in [3.63, 3.8) is 0 Å². The Morgan fingerprint density at radius 2 is 2.05 bits per heavy atom. The molecule has 2 rings (SSSR count). The molecule has 1 unspecified atom stereocenters. The average Bonchev–Trinajstić information content (AvgIpc) is 2.87. The molecule has 1 atom stereocenters. The second-order valence-electron chi connectivity index (χ2n) is 3.83. The van der Waals surface area contributed by atoms with Gasteiger partial charge in [-0.1, -0.05) is 4.98 Å². The van der Waals surface area contributed by atoms with Gasteiger partial charge in [0.15, 0.2) is 5.78 Å². The number of ketones is 1. The van der Waals surface area contributed by atoms with E-state index in [0.717, 1.165) is 11.0 Å². The lowest BCUT2D eigenvalue weighted by Crippen LogP contribution is -2.17. The van der Waals surface area contributed by atoms with Crippen molar-refractivity contribution in [2.45, 2.75) is 13.0 Å². The molecule has 7 nitrogen and oxygen atoms in total. The Hall–Kier alpha value is -2.64. The fourth-order valence-corrected chi connectivity index (χ4v) is 1.51. The molecule has 98 valence electrons. The van der Waals surface area contributed by atoms with Crippen molar-refractivity contribution in [2.75, 3.05) is 0 Å². The van der Waals surface area contributed by atoms with Crippen LogP contribution in [0.3, 0.4) is 0 Å². The summed E-state index contributed by atoms with van der Waals surface area (Å²) >= 11 is 0. The number of carbonyl (C=O) groups is 1. The summed E-state index contributed by atoms with van der Waals surface area (Å²) < 4.78 is 13.9. The molecule has 19 heavy (non-hydrogen) atoms. The van der Waals surface area contributed by atoms with Gasteiger partial charge in [-0.3, -0.25) is 4.79 Å². The second kappa shape index (κ2) is 4.92. The zero-order chi connectivity index (χ0) is 14.0. The molecule has 0 aliphatic heterocycles. The smallest absolute Gasteiger partial charge is 0.390 e. The van der Waals surface area contributed by atoms with Crippen LogP contribution in [0.5, 0.6) is 0 Å². The number of hydrogen-bond acceptors (Lipinski definition) is 5. The molecule has 0 bridgehead atoms. The Kier molecular flexibility index (Phi) is 3.32. The number of rotatable bonds is 4. The molecule has 0 saturated carbocycles. The van der Waals surface area contributed by atoms with E-state index in [2.05, 4.69) is 10.1 Å². The van der Waals surface area contributed by atoms with Crippen LogP contribution in [0.25, 0.3) is 0 Å². The standard InChI is InChI=1S/C11H9FN4O3/c1-7(15-6-13-11(14-15)16(18)19)10(17)8-2-4-9(12)5-3-8/h2-7H,1H3. The molecule has 2 aromatic rings. The van der Waals surface area contributed by atoms with Gasteiger partial charge in [-0.05, 0) is 36.1 Å². The average molecular weight is 264 g/mol. The van der Waals surface area contributed by atoms with Gasteiger partial charge in [-0.15, -0.1) is 0 Å². The fraction of sp³-hybridized carbons (Fsp3) is 0.182. The molecule has 1 heterocycles. The topological polar surface area (TPSA) is 90.9 Å². The Morgan fingerprint density at radius 1 is 1.42 bits per heavy atom. The third kappa shape index (κ3) is 2.62. The number of aromatic nitrogens is 3. The van der Waals surface area contributed by atoms with Crippen molar-refractivity contribution in [3.05, 3.63) is 52.1 Å². The minimum absolute atomic E-state index is 0.298. The molecule has 0 amide bonds. The first kappa shape index (κ1) is 12.8. The third-order valence-corrected chi connectivity index (χ3v) is 2.56. The normalized spacial score (nSPS) is 12.1. The highest BCUT2D eigenvalue weighted by Gasteiger charge is 2.23. The van der Waals surface area contributed by atoms with Crippen LogP contribution in [-0.4, -0.2) is 25.5 Å². The van der Waals surface area contributed by atoms with E-state index in [1.54, 1.807) is 0 Å². The third-order valence-electron chi connectivity index (χ3n) is 2.56. The van der Waals surface area contributed by atoms with Gasteiger partial charge in [-0.2, -0.15) is 4.68 Å². The minimum atomic E-state index is -0.758. The van der Waals surface area contributed by atoms with Gasteiger partial charge in [0.2, 0.25) is 6.33 Å². The summed E-state index contributed by atoms with van der Waals surface area (Å²) in [5.74, 6) is -1.35. The van der Waals surface area contributed by atoms with E-state index in [-0.39, 0.29) is 5.78 Å². The van der Waals surface area contributed by atoms with Gasteiger partial charge in [0.25, 0.3) is 0 Å². The van der Waals surface area contributed by atoms with Crippen LogP contribution in [0.2, 0.25) is 0 Å². The highest BCUT2D eigenvalue weighted by Crippen LogP contribution is 2.15. The molecule has 0 aliphatic carbocycles. The fourth-order valence-electron chi connectivity index (χ4n) is 1.51. The predicted molar refractivity (Wildman–Crippen MR) is 62.1 cm³/mol. The molecule has 1 aromatic heterocycles. The van der Waals surface area contributed by atoms with Crippen molar-refractivity contribution >= 4 is 11.7 Å². The zero-order valence-corrected chi connectivity index (χ0v) is 9.86. The first-order chi connectivity index (χ1) is 8.99. The SMILES string of the molecule is CC(C(=O)c1ccc(F)cc1)n1cnc([N+](=O)[O-])n1. The van der Waals surface area contributed by atoms with Crippen LogP contribution in [0, 0.1) is 15.9 Å². The van der Waals surface area contributed by atoms with Crippen LogP contribution in [0.1, 0.15) is 23.3 Å². The molecular formula is C11H9FN4O3. The first-order valence-electron chi connectivity index (χ1n) is 5.34. The van der Waals surface area contributed by atoms with Gasteiger partial charge in [-0.25, -0.2) is 4.39 Å². The predicted octanol–water partition coefficient (Wildman–Crippen LogP) is 1.77. The van der Waals surface area contributed by atoms with Gasteiger partial charge < -0.3 is 10.1 Å². The Bertz CT molecular complexity index is 623. The van der Waals surface area contributed by atoms with E-state index in [4.69, 9.17) is 0 Å². The highest BCUT2D eigenvalue weighted by atomic mass is 19.1. The molecule has 0 aliphatic rings. The first-order valence-corrected chi connectivity index (χ1v) is 5.34. The number of halogens is 1. The van der Waals surface area contributed by atoms with Crippen LogP contribution >= 0.6 is 0 Å². The van der Waals surface area contributed by atoms with E-state index in [1.807, 2.05) is 0 Å². The van der Waals surface area contributed by atoms with E-state index >= 15 is 0 Å². The summed E-state index contributed by atoms with van der Waals surface area (Å²) in [6, 6.07) is 4.28. The van der Waals surface area contributed by atoms with Crippen LogP contribution in [0.15, 0.2) is 30.6 Å². The molecule has 1 aromatic carbocycles. The van der Waals surface area contributed by atoms with Crippen molar-refractivity contribution in [2.24, 2.45) is 0 Å². The van der Waals surface area contributed by atoms with Gasteiger partial charge >= 0.3 is 5.95 Å². The number of Topliss-reactive ketones (excluding diaryl/α,β-unsaturated/α-hetero) is 1. The number of nitro groups is 1. The lowest BCUT2D eigenvalue weighted by atomic mass is 10.1. The zero-order valence-electron chi connectivity index (χ0n) is 9.86. The molecular weight excluding hydrogens is 255 g/mol. The van der Waals surface area contributed by atoms with Crippen LogP contribution < -0.4 is 0 Å². The second-order valence-corrected chi connectivity index (χ2v) is 3.83. The minimum Gasteiger partial charge on any atom is -0.390 e. The Labute approximate surface area is 106 Å². The number of carbonyl (C=O) groups excluding carboxylic acids is 1. The van der Waals surface area contributed by atoms with Gasteiger partial charge in [0.1, 0.15) is 11.9 Å². The summed E-state index contributed by atoms with van der Waals surface area (Å²) in [7, 11) is 0. The highest BCUT2D eigenvalue weighted by molar-refractivity contribution is 5.98. The molecule has 0 spiro atoms. The lowest BCUT2D eigenvalue weighted by Gasteiger charge is -2.07. The molecule has 0 radical (unpaired) electrons. The summed E-state index contributed by atoms with van der Waals surface area (Å²) in [4.78, 5) is 25.2. The lowest BCUT2D eigenvalue weighted by molar-refractivity contribution is -0.394. The van der Waals surface area contributed by atoms with Crippen molar-refractivity contribution < 1.29 is 14.1 Å². The maximum absolute atomic E-state index is 12.8. The maximum atomic E-state index is 12.8. The van der Waals surface area contributed by atoms with E-state index in [0.29, 0.717) is 5.56 Å². The number of benzene rings is 1. The largest absolute Gasteiger partial charge is 0.490 e. The van der Waals surface area contributed by atoms with E-state index in [1.165, 1.54) is 31.2 Å².